The molecule has 1 aromatic heterocycles. The Balaban J connectivity index is 2.28. The summed E-state index contributed by atoms with van der Waals surface area (Å²) in [6.45, 7) is 7.74. The zero-order valence-electron chi connectivity index (χ0n) is 12.8. The van der Waals surface area contributed by atoms with Crippen LogP contribution in [0.4, 0.5) is 0 Å². The van der Waals surface area contributed by atoms with Crippen molar-refractivity contribution in [3.05, 3.63) is 91.5 Å². The summed E-state index contributed by atoms with van der Waals surface area (Å²) in [4.78, 5) is 0. The van der Waals surface area contributed by atoms with E-state index < -0.39 is 0 Å². The van der Waals surface area contributed by atoms with Crippen molar-refractivity contribution in [1.82, 2.24) is 0 Å². The maximum absolute atomic E-state index is 6.20. The first-order valence-electron chi connectivity index (χ1n) is 7.62. The topological polar surface area (TPSA) is 13.1 Å². The Kier molecular flexibility index (Phi) is 3.13. The van der Waals surface area contributed by atoms with Gasteiger partial charge in [0.25, 0.3) is 0 Å². The lowest BCUT2D eigenvalue weighted by Crippen LogP contribution is -1.84. The average molecular weight is 296 g/mol. The fourth-order valence-corrected chi connectivity index (χ4v) is 3.18. The number of rotatable bonds is 3. The highest BCUT2D eigenvalue weighted by molar-refractivity contribution is 6.21. The Morgan fingerprint density at radius 3 is 2.43 bits per heavy atom. The lowest BCUT2D eigenvalue weighted by molar-refractivity contribution is 0.668. The molecule has 0 fully saturated rings. The van der Waals surface area contributed by atoms with Crippen molar-refractivity contribution in [2.75, 3.05) is 0 Å². The van der Waals surface area contributed by atoms with E-state index in [2.05, 4.69) is 49.6 Å². The molecule has 0 saturated carbocycles. The van der Waals surface area contributed by atoms with Gasteiger partial charge < -0.3 is 4.42 Å². The van der Waals surface area contributed by atoms with E-state index in [0.717, 1.165) is 33.1 Å². The summed E-state index contributed by atoms with van der Waals surface area (Å²) in [5.74, 6) is 0. The zero-order valence-corrected chi connectivity index (χ0v) is 12.8. The van der Waals surface area contributed by atoms with Crippen LogP contribution >= 0.6 is 0 Å². The predicted octanol–water partition coefficient (Wildman–Crippen LogP) is 6.49. The molecule has 0 unspecified atom stereocenters. The molecule has 3 aromatic carbocycles. The highest BCUT2D eigenvalue weighted by Gasteiger charge is 2.15. The molecule has 0 aliphatic carbocycles. The summed E-state index contributed by atoms with van der Waals surface area (Å²) >= 11 is 0. The normalized spacial score (nSPS) is 12.1. The average Bonchev–Trinajstić information content (AvgIpc) is 2.99. The molecule has 1 heteroatoms. The first-order valence-corrected chi connectivity index (χ1v) is 7.62. The molecule has 0 atom stereocenters. The molecule has 0 aliphatic heterocycles. The van der Waals surface area contributed by atoms with Gasteiger partial charge in [-0.25, -0.2) is 0 Å². The maximum Gasteiger partial charge on any atom is 0.143 e. The van der Waals surface area contributed by atoms with Crippen LogP contribution in [0.25, 0.3) is 38.3 Å². The van der Waals surface area contributed by atoms with Crippen LogP contribution in [-0.2, 0) is 0 Å². The van der Waals surface area contributed by atoms with Crippen molar-refractivity contribution >= 4 is 38.3 Å². The number of benzene rings is 3. The van der Waals surface area contributed by atoms with Crippen LogP contribution in [0, 0.1) is 0 Å². The summed E-state index contributed by atoms with van der Waals surface area (Å²) < 4.78 is 6.20. The van der Waals surface area contributed by atoms with Gasteiger partial charge in [-0.2, -0.15) is 0 Å². The summed E-state index contributed by atoms with van der Waals surface area (Å²) in [6.07, 6.45) is 5.59. The van der Waals surface area contributed by atoms with Crippen LogP contribution in [0.3, 0.4) is 0 Å². The molecule has 0 aliphatic rings. The van der Waals surface area contributed by atoms with Gasteiger partial charge in [-0.3, -0.25) is 0 Å². The minimum Gasteiger partial charge on any atom is -0.455 e. The molecule has 0 amide bonds. The lowest BCUT2D eigenvalue weighted by atomic mass is 9.96. The molecule has 0 radical (unpaired) electrons. The Labute approximate surface area is 134 Å². The van der Waals surface area contributed by atoms with E-state index in [9.17, 15) is 0 Å². The number of hydrogen-bond donors (Lipinski definition) is 0. The number of allylic oxidation sites excluding steroid dienone is 4. The molecular formula is C22H16O. The molecule has 23 heavy (non-hydrogen) atoms. The number of furan rings is 1. The molecule has 4 rings (SSSR count). The summed E-state index contributed by atoms with van der Waals surface area (Å²) in [5, 5.41) is 4.70. The molecule has 1 nitrogen and oxygen atoms in total. The monoisotopic (exact) mass is 296 g/mol. The standard InChI is InChI=1S/C22H16O/c1-3-9-15(4-2)19-14-16-10-5-6-11-17(16)21-18-12-7-8-13-20(18)23-22(19)21/h3-14H,1-2H2. The van der Waals surface area contributed by atoms with E-state index >= 15 is 0 Å². The van der Waals surface area contributed by atoms with Gasteiger partial charge in [0.2, 0.25) is 0 Å². The Morgan fingerprint density at radius 1 is 0.913 bits per heavy atom. The molecule has 0 saturated heterocycles. The summed E-state index contributed by atoms with van der Waals surface area (Å²) in [5.41, 5.74) is 3.86. The van der Waals surface area contributed by atoms with Gasteiger partial charge >= 0.3 is 0 Å². The van der Waals surface area contributed by atoms with Crippen LogP contribution in [-0.4, -0.2) is 0 Å². The van der Waals surface area contributed by atoms with E-state index in [1.165, 1.54) is 10.8 Å². The predicted molar refractivity (Wildman–Crippen MR) is 99.6 cm³/mol. The molecule has 0 spiro atoms. The van der Waals surface area contributed by atoms with Gasteiger partial charge in [-0.15, -0.1) is 0 Å². The molecule has 0 bridgehead atoms. The molecular weight excluding hydrogens is 280 g/mol. The number of hydrogen-bond acceptors (Lipinski definition) is 1. The Morgan fingerprint density at radius 2 is 1.65 bits per heavy atom. The quantitative estimate of drug-likeness (QED) is 0.393. The van der Waals surface area contributed by atoms with Crippen LogP contribution in [0.15, 0.2) is 90.4 Å². The minimum atomic E-state index is 0.901. The van der Waals surface area contributed by atoms with Crippen molar-refractivity contribution in [3.8, 4) is 0 Å². The minimum absolute atomic E-state index is 0.901. The summed E-state index contributed by atoms with van der Waals surface area (Å²) in [7, 11) is 0. The fourth-order valence-electron chi connectivity index (χ4n) is 3.18. The van der Waals surface area contributed by atoms with Crippen molar-refractivity contribution in [1.29, 1.82) is 0 Å². The van der Waals surface area contributed by atoms with Crippen molar-refractivity contribution in [2.45, 2.75) is 0 Å². The third kappa shape index (κ3) is 2.01. The molecule has 0 N–H and O–H groups in total. The molecule has 4 aromatic rings. The largest absolute Gasteiger partial charge is 0.455 e. The highest BCUT2D eigenvalue weighted by atomic mass is 16.3. The second kappa shape index (κ2) is 5.29. The van der Waals surface area contributed by atoms with E-state index in [4.69, 9.17) is 4.42 Å². The Hall–Kier alpha value is -3.06. The van der Waals surface area contributed by atoms with E-state index in [1.54, 1.807) is 6.08 Å². The second-order valence-corrected chi connectivity index (χ2v) is 5.51. The van der Waals surface area contributed by atoms with E-state index in [1.807, 2.05) is 30.4 Å². The fraction of sp³-hybridized carbons (Fsp3) is 0. The van der Waals surface area contributed by atoms with Gasteiger partial charge in [-0.05, 0) is 28.5 Å². The van der Waals surface area contributed by atoms with Crippen LogP contribution < -0.4 is 0 Å². The zero-order chi connectivity index (χ0) is 15.8. The lowest BCUT2D eigenvalue weighted by Gasteiger charge is -2.07. The number of para-hydroxylation sites is 1. The van der Waals surface area contributed by atoms with Gasteiger partial charge in [-0.1, -0.05) is 73.9 Å². The third-order valence-corrected chi connectivity index (χ3v) is 4.20. The SMILES string of the molecule is C=CC=C(C=C)c1cc2ccccc2c2c1oc1ccccc12. The second-order valence-electron chi connectivity index (χ2n) is 5.51. The van der Waals surface area contributed by atoms with Gasteiger partial charge in [0.15, 0.2) is 0 Å². The first kappa shape index (κ1) is 13.6. The smallest absolute Gasteiger partial charge is 0.143 e. The Bertz CT molecular complexity index is 1090. The summed E-state index contributed by atoms with van der Waals surface area (Å²) in [6, 6.07) is 18.7. The van der Waals surface area contributed by atoms with Gasteiger partial charge in [0, 0.05) is 16.3 Å². The third-order valence-electron chi connectivity index (χ3n) is 4.20. The van der Waals surface area contributed by atoms with Crippen LogP contribution in [0.5, 0.6) is 0 Å². The van der Waals surface area contributed by atoms with Crippen LogP contribution in [0.2, 0.25) is 0 Å². The van der Waals surface area contributed by atoms with E-state index in [0.29, 0.717) is 0 Å². The van der Waals surface area contributed by atoms with Crippen molar-refractivity contribution in [2.24, 2.45) is 0 Å². The number of fused-ring (bicyclic) bond motifs is 5. The maximum atomic E-state index is 6.20. The van der Waals surface area contributed by atoms with Crippen molar-refractivity contribution < 1.29 is 4.42 Å². The first-order chi connectivity index (χ1) is 11.3. The van der Waals surface area contributed by atoms with Gasteiger partial charge in [0.05, 0.1) is 0 Å². The molecule has 1 heterocycles. The van der Waals surface area contributed by atoms with Gasteiger partial charge in [0.1, 0.15) is 11.2 Å². The van der Waals surface area contributed by atoms with Crippen molar-refractivity contribution in [3.63, 3.8) is 0 Å². The molecule has 110 valence electrons. The highest BCUT2D eigenvalue weighted by Crippen LogP contribution is 2.39. The van der Waals surface area contributed by atoms with Crippen LogP contribution in [0.1, 0.15) is 5.56 Å². The van der Waals surface area contributed by atoms with E-state index in [-0.39, 0.29) is 0 Å².